The van der Waals surface area contributed by atoms with Crippen molar-refractivity contribution >= 4 is 34.8 Å². The molecule has 1 aromatic rings. The Kier molecular flexibility index (Phi) is 6.67. The number of hydrogen-bond donors (Lipinski definition) is 0. The van der Waals surface area contributed by atoms with Crippen molar-refractivity contribution in [3.05, 3.63) is 28.2 Å². The minimum Gasteiger partial charge on any atom is -0.368 e. The third kappa shape index (κ3) is 4.63. The van der Waals surface area contributed by atoms with Crippen LogP contribution in [0.2, 0.25) is 10.0 Å². The molecule has 0 bridgehead atoms. The van der Waals surface area contributed by atoms with Gasteiger partial charge in [-0.2, -0.15) is 0 Å². The van der Waals surface area contributed by atoms with Crippen molar-refractivity contribution in [1.29, 1.82) is 0 Å². The van der Waals surface area contributed by atoms with E-state index in [4.69, 9.17) is 23.2 Å². The van der Waals surface area contributed by atoms with Gasteiger partial charge in [0.25, 0.3) is 0 Å². The van der Waals surface area contributed by atoms with E-state index in [2.05, 4.69) is 28.5 Å². The van der Waals surface area contributed by atoms with E-state index in [1.807, 2.05) is 17.0 Å². The number of nitrogens with zero attached hydrogens (tertiary/aromatic N) is 4. The smallest absolute Gasteiger partial charge is 0.236 e. The van der Waals surface area contributed by atoms with Crippen molar-refractivity contribution in [2.45, 2.75) is 19.9 Å². The fourth-order valence-corrected chi connectivity index (χ4v) is 4.08. The summed E-state index contributed by atoms with van der Waals surface area (Å²) in [4.78, 5) is 21.5. The topological polar surface area (TPSA) is 30.0 Å². The van der Waals surface area contributed by atoms with Crippen LogP contribution in [0.4, 0.5) is 5.69 Å². The van der Waals surface area contributed by atoms with E-state index >= 15 is 0 Å². The van der Waals surface area contributed by atoms with Crippen LogP contribution in [0.5, 0.6) is 0 Å². The number of benzene rings is 1. The van der Waals surface area contributed by atoms with E-state index in [0.29, 0.717) is 22.6 Å². The van der Waals surface area contributed by atoms with Crippen molar-refractivity contribution in [3.63, 3.8) is 0 Å². The van der Waals surface area contributed by atoms with Crippen LogP contribution in [0, 0.1) is 0 Å². The summed E-state index contributed by atoms with van der Waals surface area (Å²) < 4.78 is 0. The Balaban J connectivity index is 1.47. The molecule has 2 aliphatic rings. The Hall–Kier alpha value is -1.01. The van der Waals surface area contributed by atoms with Gasteiger partial charge < -0.3 is 9.80 Å². The summed E-state index contributed by atoms with van der Waals surface area (Å²) in [5.74, 6) is 0.252. The summed E-state index contributed by atoms with van der Waals surface area (Å²) in [7, 11) is 0. The fraction of sp³-hybridized carbons (Fsp3) is 0.632. The molecule has 2 saturated heterocycles. The van der Waals surface area contributed by atoms with Gasteiger partial charge in [-0.15, -0.1) is 0 Å². The first-order valence-corrected chi connectivity index (χ1v) is 10.1. The zero-order valence-corrected chi connectivity index (χ0v) is 17.1. The molecule has 144 valence electrons. The molecule has 1 aromatic carbocycles. The van der Waals surface area contributed by atoms with Crippen molar-refractivity contribution in [1.82, 2.24) is 14.7 Å². The molecule has 7 heteroatoms. The quantitative estimate of drug-likeness (QED) is 0.779. The maximum Gasteiger partial charge on any atom is 0.236 e. The monoisotopic (exact) mass is 398 g/mol. The van der Waals surface area contributed by atoms with Gasteiger partial charge in [0.15, 0.2) is 0 Å². The molecule has 0 unspecified atom stereocenters. The van der Waals surface area contributed by atoms with Gasteiger partial charge in [0, 0.05) is 58.4 Å². The lowest BCUT2D eigenvalue weighted by Gasteiger charge is -2.39. The Labute approximate surface area is 166 Å². The van der Waals surface area contributed by atoms with Crippen LogP contribution in [0.3, 0.4) is 0 Å². The van der Waals surface area contributed by atoms with Crippen molar-refractivity contribution in [2.75, 3.05) is 63.8 Å². The zero-order valence-electron chi connectivity index (χ0n) is 15.6. The maximum absolute atomic E-state index is 12.6. The van der Waals surface area contributed by atoms with E-state index in [0.717, 1.165) is 58.0 Å². The largest absolute Gasteiger partial charge is 0.368 e. The van der Waals surface area contributed by atoms with E-state index in [-0.39, 0.29) is 5.91 Å². The van der Waals surface area contributed by atoms with Crippen LogP contribution in [-0.4, -0.2) is 85.6 Å². The summed E-state index contributed by atoms with van der Waals surface area (Å²) in [5.41, 5.74) is 0.981. The van der Waals surface area contributed by atoms with Crippen molar-refractivity contribution in [3.8, 4) is 0 Å². The molecule has 0 aromatic heterocycles. The first kappa shape index (κ1) is 19.7. The lowest BCUT2D eigenvalue weighted by atomic mass is 10.2. The second-order valence-electron chi connectivity index (χ2n) is 7.35. The summed E-state index contributed by atoms with van der Waals surface area (Å²) >= 11 is 12.5. The number of amides is 1. The summed E-state index contributed by atoms with van der Waals surface area (Å²) in [6.07, 6.45) is 0. The van der Waals surface area contributed by atoms with E-state index in [1.54, 1.807) is 6.07 Å². The third-order valence-electron chi connectivity index (χ3n) is 5.40. The first-order chi connectivity index (χ1) is 12.5. The summed E-state index contributed by atoms with van der Waals surface area (Å²) in [6.45, 7) is 12.0. The van der Waals surface area contributed by atoms with Crippen LogP contribution >= 0.6 is 23.2 Å². The molecule has 3 rings (SSSR count). The SMILES string of the molecule is CC(C)N1CCN(C(=O)CN2CCN(c3cccc(Cl)c3Cl)CC2)CC1. The van der Waals surface area contributed by atoms with Crippen LogP contribution in [0.25, 0.3) is 0 Å². The predicted octanol–water partition coefficient (Wildman–Crippen LogP) is 2.67. The molecule has 2 fully saturated rings. The van der Waals surface area contributed by atoms with Crippen molar-refractivity contribution < 1.29 is 4.79 Å². The van der Waals surface area contributed by atoms with Crippen LogP contribution in [0.1, 0.15) is 13.8 Å². The van der Waals surface area contributed by atoms with Crippen LogP contribution < -0.4 is 4.90 Å². The van der Waals surface area contributed by atoms with Gasteiger partial charge >= 0.3 is 0 Å². The summed E-state index contributed by atoms with van der Waals surface area (Å²) in [6, 6.07) is 6.29. The Morgan fingerprint density at radius 1 is 1.00 bits per heavy atom. The van der Waals surface area contributed by atoms with Gasteiger partial charge in [0.1, 0.15) is 0 Å². The van der Waals surface area contributed by atoms with Gasteiger partial charge in [0.2, 0.25) is 5.91 Å². The molecular weight excluding hydrogens is 371 g/mol. The lowest BCUT2D eigenvalue weighted by Crippen LogP contribution is -2.54. The molecule has 0 spiro atoms. The molecule has 2 heterocycles. The zero-order chi connectivity index (χ0) is 18.7. The molecule has 2 aliphatic heterocycles. The normalized spacial score (nSPS) is 20.0. The molecule has 0 saturated carbocycles. The number of piperazine rings is 2. The Morgan fingerprint density at radius 3 is 2.27 bits per heavy atom. The van der Waals surface area contributed by atoms with E-state index in [9.17, 15) is 4.79 Å². The number of hydrogen-bond acceptors (Lipinski definition) is 4. The summed E-state index contributed by atoms with van der Waals surface area (Å²) in [5, 5.41) is 1.20. The molecular formula is C19H28Cl2N4O. The fourth-order valence-electron chi connectivity index (χ4n) is 3.66. The number of anilines is 1. The van der Waals surface area contributed by atoms with Gasteiger partial charge in [-0.3, -0.25) is 14.6 Å². The highest BCUT2D eigenvalue weighted by Crippen LogP contribution is 2.32. The van der Waals surface area contributed by atoms with Gasteiger partial charge in [-0.1, -0.05) is 29.3 Å². The van der Waals surface area contributed by atoms with Crippen molar-refractivity contribution in [2.24, 2.45) is 0 Å². The lowest BCUT2D eigenvalue weighted by molar-refractivity contribution is -0.134. The highest BCUT2D eigenvalue weighted by Gasteiger charge is 2.26. The molecule has 0 atom stereocenters. The van der Waals surface area contributed by atoms with Gasteiger partial charge in [0.05, 0.1) is 22.3 Å². The Bertz CT molecular complexity index is 624. The first-order valence-electron chi connectivity index (χ1n) is 9.39. The predicted molar refractivity (Wildman–Crippen MR) is 108 cm³/mol. The average Bonchev–Trinajstić information content (AvgIpc) is 2.65. The minimum atomic E-state index is 0.252. The number of halogens is 2. The van der Waals surface area contributed by atoms with E-state index < -0.39 is 0 Å². The molecule has 0 aliphatic carbocycles. The standard InChI is InChI=1S/C19H28Cl2N4O/c1-15(2)23-10-12-25(13-11-23)18(26)14-22-6-8-24(9-7-22)17-5-3-4-16(20)19(17)21/h3-5,15H,6-14H2,1-2H3. The average molecular weight is 399 g/mol. The van der Waals surface area contributed by atoms with Crippen LogP contribution in [-0.2, 0) is 4.79 Å². The molecule has 0 N–H and O–H groups in total. The number of carbonyl (C=O) groups excluding carboxylic acids is 1. The highest BCUT2D eigenvalue weighted by molar-refractivity contribution is 6.43. The highest BCUT2D eigenvalue weighted by atomic mass is 35.5. The number of carbonyl (C=O) groups is 1. The van der Waals surface area contributed by atoms with Gasteiger partial charge in [-0.25, -0.2) is 0 Å². The molecule has 5 nitrogen and oxygen atoms in total. The molecule has 0 radical (unpaired) electrons. The van der Waals surface area contributed by atoms with Crippen LogP contribution in [0.15, 0.2) is 18.2 Å². The molecule has 1 amide bonds. The second kappa shape index (κ2) is 8.79. The van der Waals surface area contributed by atoms with Gasteiger partial charge in [-0.05, 0) is 26.0 Å². The number of rotatable bonds is 4. The molecule has 26 heavy (non-hydrogen) atoms. The maximum atomic E-state index is 12.6. The third-order valence-corrected chi connectivity index (χ3v) is 6.21. The Morgan fingerprint density at radius 2 is 1.65 bits per heavy atom. The van der Waals surface area contributed by atoms with E-state index in [1.165, 1.54) is 0 Å². The minimum absolute atomic E-state index is 0.252. The second-order valence-corrected chi connectivity index (χ2v) is 8.13.